The molecular formula is C18H24BrNO3. The predicted octanol–water partition coefficient (Wildman–Crippen LogP) is 3.41. The van der Waals surface area contributed by atoms with Gasteiger partial charge in [0, 0.05) is 18.4 Å². The van der Waals surface area contributed by atoms with E-state index in [2.05, 4.69) is 52.5 Å². The summed E-state index contributed by atoms with van der Waals surface area (Å²) < 4.78 is 17.6. The highest BCUT2D eigenvalue weighted by atomic mass is 79.9. The van der Waals surface area contributed by atoms with Gasteiger partial charge in [0.05, 0.1) is 23.4 Å². The Morgan fingerprint density at radius 2 is 2.17 bits per heavy atom. The van der Waals surface area contributed by atoms with Crippen molar-refractivity contribution in [3.05, 3.63) is 35.8 Å². The smallest absolute Gasteiger partial charge is 0.156 e. The summed E-state index contributed by atoms with van der Waals surface area (Å²) in [6.07, 6.45) is 12.2. The third kappa shape index (κ3) is 2.67. The zero-order valence-corrected chi connectivity index (χ0v) is 15.2. The highest BCUT2D eigenvalue weighted by Gasteiger charge is 2.47. The van der Waals surface area contributed by atoms with E-state index in [0.29, 0.717) is 23.8 Å². The molecule has 0 N–H and O–H groups in total. The van der Waals surface area contributed by atoms with E-state index in [1.165, 1.54) is 6.42 Å². The number of hydrogen-bond acceptors (Lipinski definition) is 4. The molecular weight excluding hydrogens is 358 g/mol. The largest absolute Gasteiger partial charge is 0.493 e. The van der Waals surface area contributed by atoms with Crippen LogP contribution in [0.25, 0.3) is 0 Å². The molecule has 2 saturated heterocycles. The molecule has 6 atom stereocenters. The highest BCUT2D eigenvalue weighted by Crippen LogP contribution is 2.45. The Hall–Kier alpha value is -0.780. The molecule has 0 aromatic heterocycles. The number of nitrogens with zero attached hydrogens (tertiary/aromatic N) is 1. The first-order valence-electron chi connectivity index (χ1n) is 8.49. The number of methoxy groups -OCH3 is 1. The van der Waals surface area contributed by atoms with Crippen molar-refractivity contribution in [2.45, 2.75) is 37.5 Å². The number of hydrogen-bond donors (Lipinski definition) is 0. The Morgan fingerprint density at radius 1 is 1.30 bits per heavy atom. The van der Waals surface area contributed by atoms with Crippen LogP contribution in [-0.2, 0) is 13.3 Å². The number of likely N-dealkylation sites (tertiary alicyclic amines) is 1. The van der Waals surface area contributed by atoms with Gasteiger partial charge in [0.25, 0.3) is 0 Å². The first-order chi connectivity index (χ1) is 11.2. The van der Waals surface area contributed by atoms with Crippen molar-refractivity contribution in [3.8, 4) is 0 Å². The van der Waals surface area contributed by atoms with Crippen LogP contribution in [0.5, 0.6) is 0 Å². The molecule has 0 saturated carbocycles. The molecule has 23 heavy (non-hydrogen) atoms. The van der Waals surface area contributed by atoms with Crippen molar-refractivity contribution in [3.63, 3.8) is 0 Å². The summed E-state index contributed by atoms with van der Waals surface area (Å²) in [5.41, 5.74) is 0. The molecule has 4 rings (SSSR count). The Kier molecular flexibility index (Phi) is 4.28. The number of allylic oxidation sites excluding steroid dienone is 3. The number of fused-ring (bicyclic) bond motifs is 2. The lowest BCUT2D eigenvalue weighted by atomic mass is 9.70. The van der Waals surface area contributed by atoms with Gasteiger partial charge in [-0.25, -0.2) is 0 Å². The van der Waals surface area contributed by atoms with Gasteiger partial charge in [-0.15, -0.1) is 0 Å². The third-order valence-corrected chi connectivity index (χ3v) is 6.41. The number of piperidine rings is 1. The monoisotopic (exact) mass is 381 g/mol. The van der Waals surface area contributed by atoms with Gasteiger partial charge in [0.2, 0.25) is 0 Å². The van der Waals surface area contributed by atoms with E-state index in [0.717, 1.165) is 30.9 Å². The molecule has 0 aromatic rings. The second-order valence-corrected chi connectivity index (χ2v) is 7.52. The molecule has 2 fully saturated rings. The van der Waals surface area contributed by atoms with Gasteiger partial charge < -0.3 is 14.4 Å². The van der Waals surface area contributed by atoms with Gasteiger partial charge in [-0.1, -0.05) is 18.2 Å². The Labute approximate surface area is 146 Å². The molecule has 5 heteroatoms. The molecule has 4 aliphatic rings. The van der Waals surface area contributed by atoms with Crippen LogP contribution in [-0.4, -0.2) is 43.9 Å². The van der Waals surface area contributed by atoms with E-state index < -0.39 is 0 Å². The van der Waals surface area contributed by atoms with E-state index in [9.17, 15) is 0 Å². The molecule has 0 radical (unpaired) electrons. The first kappa shape index (κ1) is 15.7. The normalized spacial score (nSPS) is 42.6. The summed E-state index contributed by atoms with van der Waals surface area (Å²) in [6, 6.07) is 0.575. The van der Waals surface area contributed by atoms with Crippen LogP contribution in [0.4, 0.5) is 0 Å². The second-order valence-electron chi connectivity index (χ2n) is 7.15. The summed E-state index contributed by atoms with van der Waals surface area (Å²) in [5.74, 6) is 3.41. The number of halogens is 1. The molecule has 0 spiro atoms. The fourth-order valence-electron chi connectivity index (χ4n) is 4.75. The lowest BCUT2D eigenvalue weighted by molar-refractivity contribution is -0.0530. The maximum atomic E-state index is 6.52. The fourth-order valence-corrected chi connectivity index (χ4v) is 5.09. The van der Waals surface area contributed by atoms with Gasteiger partial charge >= 0.3 is 0 Å². The Balaban J connectivity index is 1.77. The lowest BCUT2D eigenvalue weighted by Gasteiger charge is -2.48. The van der Waals surface area contributed by atoms with E-state index in [1.54, 1.807) is 7.11 Å². The molecule has 0 amide bonds. The first-order valence-corrected chi connectivity index (χ1v) is 9.14. The standard InChI is InChI=1S/C18H24BrNO3/c1-20-8-7-13-12-4-6-16(23-19)18(13)22-17-10-11(9-14(12)20)3-5-15(17)21-2/h3-6,11-14,16,18H,7-10H2,1-2H3/t11?,12-,13+,14-,16+,18-/m1/s1. The van der Waals surface area contributed by atoms with E-state index in [1.807, 2.05) is 0 Å². The summed E-state index contributed by atoms with van der Waals surface area (Å²) in [6.45, 7) is 1.13. The van der Waals surface area contributed by atoms with Gasteiger partial charge in [-0.3, -0.25) is 3.83 Å². The average molecular weight is 382 g/mol. The van der Waals surface area contributed by atoms with Crippen LogP contribution in [0.3, 0.4) is 0 Å². The molecule has 126 valence electrons. The summed E-state index contributed by atoms with van der Waals surface area (Å²) in [5, 5.41) is 0. The van der Waals surface area contributed by atoms with Crippen LogP contribution < -0.4 is 0 Å². The van der Waals surface area contributed by atoms with E-state index >= 15 is 0 Å². The minimum atomic E-state index is -0.0478. The molecule has 2 aliphatic heterocycles. The average Bonchev–Trinajstić information content (AvgIpc) is 2.58. The van der Waals surface area contributed by atoms with Crippen molar-refractivity contribution in [1.29, 1.82) is 0 Å². The molecule has 4 nitrogen and oxygen atoms in total. The second kappa shape index (κ2) is 6.26. The van der Waals surface area contributed by atoms with Crippen molar-refractivity contribution in [2.24, 2.45) is 17.8 Å². The number of rotatable bonds is 2. The van der Waals surface area contributed by atoms with Crippen LogP contribution in [0, 0.1) is 17.8 Å². The summed E-state index contributed by atoms with van der Waals surface area (Å²) in [4.78, 5) is 2.53. The summed E-state index contributed by atoms with van der Waals surface area (Å²) in [7, 11) is 3.98. The highest BCUT2D eigenvalue weighted by molar-refractivity contribution is 9.06. The zero-order valence-electron chi connectivity index (χ0n) is 13.7. The predicted molar refractivity (Wildman–Crippen MR) is 91.7 cm³/mol. The fraction of sp³-hybridized carbons (Fsp3) is 0.667. The van der Waals surface area contributed by atoms with Crippen molar-refractivity contribution in [1.82, 2.24) is 4.90 Å². The maximum Gasteiger partial charge on any atom is 0.156 e. The van der Waals surface area contributed by atoms with Crippen LogP contribution in [0.1, 0.15) is 19.3 Å². The van der Waals surface area contributed by atoms with Gasteiger partial charge in [-0.2, -0.15) is 0 Å². The quantitative estimate of drug-likeness (QED) is 0.685. The van der Waals surface area contributed by atoms with Crippen LogP contribution in [0.2, 0.25) is 0 Å². The molecule has 6 bridgehead atoms. The molecule has 2 aliphatic carbocycles. The van der Waals surface area contributed by atoms with Gasteiger partial charge in [0.15, 0.2) is 5.76 Å². The van der Waals surface area contributed by atoms with Crippen LogP contribution >= 0.6 is 16.3 Å². The Morgan fingerprint density at radius 3 is 2.96 bits per heavy atom. The summed E-state index contributed by atoms with van der Waals surface area (Å²) >= 11 is 3.20. The van der Waals surface area contributed by atoms with Gasteiger partial charge in [0.1, 0.15) is 18.0 Å². The van der Waals surface area contributed by atoms with Gasteiger partial charge in [-0.05, 0) is 44.3 Å². The Bertz CT molecular complexity index is 558. The van der Waals surface area contributed by atoms with Crippen molar-refractivity contribution in [2.75, 3.05) is 20.7 Å². The number of ether oxygens (including phenoxy) is 2. The van der Waals surface area contributed by atoms with Crippen LogP contribution in [0.15, 0.2) is 35.8 Å². The zero-order chi connectivity index (χ0) is 16.0. The van der Waals surface area contributed by atoms with Crippen molar-refractivity contribution >= 4 is 16.3 Å². The maximum absolute atomic E-state index is 6.52. The molecule has 1 unspecified atom stereocenters. The minimum Gasteiger partial charge on any atom is -0.493 e. The molecule has 0 aromatic carbocycles. The van der Waals surface area contributed by atoms with E-state index in [4.69, 9.17) is 13.3 Å². The minimum absolute atomic E-state index is 0.0472. The van der Waals surface area contributed by atoms with E-state index in [-0.39, 0.29) is 12.2 Å². The topological polar surface area (TPSA) is 30.9 Å². The third-order valence-electron chi connectivity index (χ3n) is 5.98. The van der Waals surface area contributed by atoms with Crippen molar-refractivity contribution < 1.29 is 13.3 Å². The lowest BCUT2D eigenvalue weighted by Crippen LogP contribution is -2.53. The molecule has 2 heterocycles. The SMILES string of the molecule is COC1=C2CC(C=C1)C[C@@H]1[C@@H]3C=C[C@H](OBr)[C@H](O2)[C@H]3CCN1C.